The predicted octanol–water partition coefficient (Wildman–Crippen LogP) is 3.91. The summed E-state index contributed by atoms with van der Waals surface area (Å²) in [4.78, 5) is 2.55. The van der Waals surface area contributed by atoms with Gasteiger partial charge in [0.15, 0.2) is 0 Å². The maximum absolute atomic E-state index is 6.14. The molecular formula is C15H22Cl2N2. The van der Waals surface area contributed by atoms with E-state index >= 15 is 0 Å². The zero-order valence-corrected chi connectivity index (χ0v) is 12.9. The van der Waals surface area contributed by atoms with Crippen molar-refractivity contribution in [2.45, 2.75) is 38.1 Å². The molecule has 0 saturated carbocycles. The first-order chi connectivity index (χ1) is 9.17. The van der Waals surface area contributed by atoms with Crippen LogP contribution in [0.4, 0.5) is 0 Å². The van der Waals surface area contributed by atoms with Crippen molar-refractivity contribution in [3.05, 3.63) is 33.8 Å². The number of hydrogen-bond donors (Lipinski definition) is 1. The van der Waals surface area contributed by atoms with E-state index in [0.717, 1.165) is 6.54 Å². The molecule has 0 spiro atoms. The number of nitrogens with zero attached hydrogens (tertiary/aromatic N) is 1. The van der Waals surface area contributed by atoms with Gasteiger partial charge in [-0.25, -0.2) is 0 Å². The van der Waals surface area contributed by atoms with E-state index in [1.54, 1.807) is 0 Å². The van der Waals surface area contributed by atoms with Crippen LogP contribution in [0.5, 0.6) is 0 Å². The van der Waals surface area contributed by atoms with Crippen molar-refractivity contribution < 1.29 is 0 Å². The fraction of sp³-hybridized carbons (Fsp3) is 0.600. The van der Waals surface area contributed by atoms with E-state index in [1.807, 2.05) is 12.1 Å². The maximum atomic E-state index is 6.14. The zero-order valence-electron chi connectivity index (χ0n) is 11.4. The Morgan fingerprint density at radius 3 is 2.74 bits per heavy atom. The molecule has 1 aromatic rings. The number of benzene rings is 1. The van der Waals surface area contributed by atoms with Gasteiger partial charge in [-0.2, -0.15) is 0 Å². The number of likely N-dealkylation sites (tertiary alicyclic amines) is 1. The Labute approximate surface area is 125 Å². The van der Waals surface area contributed by atoms with Crippen molar-refractivity contribution in [2.24, 2.45) is 5.73 Å². The van der Waals surface area contributed by atoms with Crippen molar-refractivity contribution in [2.75, 3.05) is 19.6 Å². The minimum absolute atomic E-state index is 0.343. The molecule has 0 aliphatic carbocycles. The standard InChI is InChI=1S/C15H22Cl2N2/c1-2-19-8-4-3-5-15(19)12(10-18)11-6-7-13(16)14(17)9-11/h6-7,9,12,15H,2-5,8,10,18H2,1H3. The Morgan fingerprint density at radius 2 is 2.11 bits per heavy atom. The molecule has 106 valence electrons. The van der Waals surface area contributed by atoms with Gasteiger partial charge in [-0.3, -0.25) is 0 Å². The molecule has 1 aliphatic rings. The lowest BCUT2D eigenvalue weighted by Gasteiger charge is -2.40. The quantitative estimate of drug-likeness (QED) is 0.913. The van der Waals surface area contributed by atoms with Gasteiger partial charge in [0, 0.05) is 18.5 Å². The van der Waals surface area contributed by atoms with Gasteiger partial charge < -0.3 is 10.6 Å². The summed E-state index contributed by atoms with van der Waals surface area (Å²) in [7, 11) is 0. The van der Waals surface area contributed by atoms with E-state index in [0.29, 0.717) is 28.5 Å². The maximum Gasteiger partial charge on any atom is 0.0595 e. The summed E-state index contributed by atoms with van der Waals surface area (Å²) >= 11 is 12.1. The van der Waals surface area contributed by atoms with Gasteiger partial charge in [-0.15, -0.1) is 0 Å². The van der Waals surface area contributed by atoms with Crippen LogP contribution in [-0.2, 0) is 0 Å². The van der Waals surface area contributed by atoms with Crippen LogP contribution in [0, 0.1) is 0 Å². The SMILES string of the molecule is CCN1CCCCC1C(CN)c1ccc(Cl)c(Cl)c1. The van der Waals surface area contributed by atoms with Gasteiger partial charge in [-0.1, -0.05) is 42.6 Å². The van der Waals surface area contributed by atoms with E-state index in [1.165, 1.54) is 31.4 Å². The minimum Gasteiger partial charge on any atom is -0.330 e. The average molecular weight is 301 g/mol. The largest absolute Gasteiger partial charge is 0.330 e. The Bertz CT molecular complexity index is 423. The lowest BCUT2D eigenvalue weighted by atomic mass is 9.85. The first-order valence-corrected chi connectivity index (χ1v) is 7.82. The monoisotopic (exact) mass is 300 g/mol. The molecule has 0 aromatic heterocycles. The van der Waals surface area contributed by atoms with Gasteiger partial charge in [0.2, 0.25) is 0 Å². The van der Waals surface area contributed by atoms with E-state index in [2.05, 4.69) is 17.9 Å². The second kappa shape index (κ2) is 6.94. The molecule has 1 saturated heterocycles. The van der Waals surface area contributed by atoms with Crippen LogP contribution in [-0.4, -0.2) is 30.6 Å². The smallest absolute Gasteiger partial charge is 0.0595 e. The molecule has 2 rings (SSSR count). The minimum atomic E-state index is 0.343. The van der Waals surface area contributed by atoms with Crippen LogP contribution < -0.4 is 5.73 Å². The lowest BCUT2D eigenvalue weighted by Crippen LogP contribution is -2.45. The fourth-order valence-electron chi connectivity index (χ4n) is 3.12. The molecule has 2 unspecified atom stereocenters. The van der Waals surface area contributed by atoms with Crippen LogP contribution >= 0.6 is 23.2 Å². The molecule has 2 nitrogen and oxygen atoms in total. The first kappa shape index (κ1) is 15.1. The Balaban J connectivity index is 2.24. The van der Waals surface area contributed by atoms with E-state index < -0.39 is 0 Å². The molecule has 2 atom stereocenters. The topological polar surface area (TPSA) is 29.3 Å². The van der Waals surface area contributed by atoms with Gasteiger partial charge in [0.1, 0.15) is 0 Å². The third-order valence-corrected chi connectivity index (χ3v) is 4.90. The van der Waals surface area contributed by atoms with Crippen LogP contribution in [0.3, 0.4) is 0 Å². The van der Waals surface area contributed by atoms with E-state index in [4.69, 9.17) is 28.9 Å². The zero-order chi connectivity index (χ0) is 13.8. The van der Waals surface area contributed by atoms with Gasteiger partial charge in [0.25, 0.3) is 0 Å². The highest BCUT2D eigenvalue weighted by Crippen LogP contribution is 2.32. The molecule has 19 heavy (non-hydrogen) atoms. The van der Waals surface area contributed by atoms with Crippen molar-refractivity contribution in [3.8, 4) is 0 Å². The normalized spacial score (nSPS) is 22.4. The number of hydrogen-bond acceptors (Lipinski definition) is 2. The average Bonchev–Trinajstić information content (AvgIpc) is 2.44. The van der Waals surface area contributed by atoms with Gasteiger partial charge in [-0.05, 0) is 43.6 Å². The van der Waals surface area contributed by atoms with Crippen LogP contribution in [0.1, 0.15) is 37.7 Å². The Morgan fingerprint density at radius 1 is 1.32 bits per heavy atom. The van der Waals surface area contributed by atoms with Crippen LogP contribution in [0.15, 0.2) is 18.2 Å². The highest BCUT2D eigenvalue weighted by molar-refractivity contribution is 6.42. The molecule has 0 amide bonds. The van der Waals surface area contributed by atoms with Crippen LogP contribution in [0.2, 0.25) is 10.0 Å². The molecule has 0 radical (unpaired) electrons. The summed E-state index contributed by atoms with van der Waals surface area (Å²) < 4.78 is 0. The number of rotatable bonds is 4. The highest BCUT2D eigenvalue weighted by Gasteiger charge is 2.29. The third-order valence-electron chi connectivity index (χ3n) is 4.16. The highest BCUT2D eigenvalue weighted by atomic mass is 35.5. The summed E-state index contributed by atoms with van der Waals surface area (Å²) in [5.41, 5.74) is 7.25. The first-order valence-electron chi connectivity index (χ1n) is 7.06. The summed E-state index contributed by atoms with van der Waals surface area (Å²) in [6.07, 6.45) is 3.80. The Kier molecular flexibility index (Phi) is 5.52. The molecule has 1 heterocycles. The van der Waals surface area contributed by atoms with Crippen molar-refractivity contribution in [1.29, 1.82) is 0 Å². The molecule has 2 N–H and O–H groups in total. The molecule has 1 aromatic carbocycles. The number of nitrogens with two attached hydrogens (primary N) is 1. The number of halogens is 2. The van der Waals surface area contributed by atoms with Gasteiger partial charge >= 0.3 is 0 Å². The number of piperidine rings is 1. The summed E-state index contributed by atoms with van der Waals surface area (Å²) in [5.74, 6) is 0.343. The summed E-state index contributed by atoms with van der Waals surface area (Å²) in [5, 5.41) is 1.23. The molecule has 0 bridgehead atoms. The summed E-state index contributed by atoms with van der Waals surface area (Å²) in [6, 6.07) is 6.44. The second-order valence-electron chi connectivity index (χ2n) is 5.21. The Hall–Kier alpha value is -0.280. The molecule has 1 aliphatic heterocycles. The van der Waals surface area contributed by atoms with Gasteiger partial charge in [0.05, 0.1) is 10.0 Å². The molecule has 4 heteroatoms. The van der Waals surface area contributed by atoms with Crippen LogP contribution in [0.25, 0.3) is 0 Å². The third kappa shape index (κ3) is 3.43. The summed E-state index contributed by atoms with van der Waals surface area (Å²) in [6.45, 7) is 5.14. The van der Waals surface area contributed by atoms with Crippen molar-refractivity contribution in [1.82, 2.24) is 4.90 Å². The van der Waals surface area contributed by atoms with E-state index in [-0.39, 0.29) is 0 Å². The lowest BCUT2D eigenvalue weighted by molar-refractivity contribution is 0.134. The molecule has 1 fully saturated rings. The van der Waals surface area contributed by atoms with Crippen molar-refractivity contribution >= 4 is 23.2 Å². The van der Waals surface area contributed by atoms with Crippen molar-refractivity contribution in [3.63, 3.8) is 0 Å². The predicted molar refractivity (Wildman–Crippen MR) is 83.1 cm³/mol. The van der Waals surface area contributed by atoms with E-state index in [9.17, 15) is 0 Å². The molecular weight excluding hydrogens is 279 g/mol. The second-order valence-corrected chi connectivity index (χ2v) is 6.02. The fourth-order valence-corrected chi connectivity index (χ4v) is 3.43. The number of likely N-dealkylation sites (N-methyl/N-ethyl adjacent to an activating group) is 1.